The van der Waals surface area contributed by atoms with Crippen molar-refractivity contribution < 1.29 is 19.1 Å². The van der Waals surface area contributed by atoms with Crippen LogP contribution >= 0.6 is 37.2 Å². The Morgan fingerprint density at radius 1 is 1.12 bits per heavy atom. The minimum atomic E-state index is 0. The molecule has 0 aliphatic carbocycles. The average Bonchev–Trinajstić information content (AvgIpc) is 3.44. The SMILES string of the molecule is COC[C@@H]1CCCN1c1ccc2c(c1)CNCC(=O)N1CC[C@@H](CC(=O)NCc3ccncc3)[C@@H](C=CCO2)C1.Cl.Cl.Cl. The zero-order chi connectivity index (χ0) is 27.7. The Labute approximate surface area is 273 Å². The molecule has 3 aliphatic heterocycles. The van der Waals surface area contributed by atoms with E-state index in [2.05, 4.69) is 38.7 Å². The third kappa shape index (κ3) is 9.98. The smallest absolute Gasteiger partial charge is 0.236 e. The highest BCUT2D eigenvalue weighted by molar-refractivity contribution is 5.86. The van der Waals surface area contributed by atoms with Crippen molar-refractivity contribution in [1.82, 2.24) is 20.5 Å². The number of amides is 2. The molecule has 9 nitrogen and oxygen atoms in total. The predicted octanol–water partition coefficient (Wildman–Crippen LogP) is 4.17. The van der Waals surface area contributed by atoms with Crippen LogP contribution in [0.5, 0.6) is 5.75 Å². The van der Waals surface area contributed by atoms with Crippen molar-refractivity contribution in [3.8, 4) is 5.75 Å². The van der Waals surface area contributed by atoms with Gasteiger partial charge < -0.3 is 29.9 Å². The maximum atomic E-state index is 13.1. The Bertz CT molecular complexity index is 1190. The Kier molecular flexibility index (Phi) is 15.6. The summed E-state index contributed by atoms with van der Waals surface area (Å²) in [6.07, 6.45) is 11.2. The van der Waals surface area contributed by atoms with Gasteiger partial charge in [0.2, 0.25) is 11.8 Å². The standard InChI is InChI=1S/C31H41N5O4.3ClH/c1-39-22-28-5-2-13-36(28)27-6-7-29-26(16-27)19-33-20-31(38)35-14-10-24(25(21-35)4-3-15-40-29)17-30(37)34-18-23-8-11-32-12-9-23;;;/h3-4,6-9,11-12,16,24-25,28,33H,2,5,10,13-15,17-22H2,1H3,(H,34,37);3*1H/t24-,25-,28-;;;/m0.../s1. The topological polar surface area (TPSA) is 96.0 Å². The van der Waals surface area contributed by atoms with E-state index in [1.54, 1.807) is 19.5 Å². The third-order valence-corrected chi connectivity index (χ3v) is 8.27. The van der Waals surface area contributed by atoms with E-state index in [-0.39, 0.29) is 67.4 Å². The number of benzene rings is 1. The van der Waals surface area contributed by atoms with Gasteiger partial charge in [-0.25, -0.2) is 0 Å². The number of carbonyl (C=O) groups excluding carboxylic acids is 2. The third-order valence-electron chi connectivity index (χ3n) is 8.27. The lowest BCUT2D eigenvalue weighted by molar-refractivity contribution is -0.132. The van der Waals surface area contributed by atoms with Gasteiger partial charge in [0.25, 0.3) is 0 Å². The molecule has 1 aromatic heterocycles. The van der Waals surface area contributed by atoms with E-state index < -0.39 is 0 Å². The molecule has 0 unspecified atom stereocenters. The molecule has 3 aliphatic rings. The number of fused-ring (bicyclic) bond motifs is 3. The number of hydrogen-bond donors (Lipinski definition) is 2. The summed E-state index contributed by atoms with van der Waals surface area (Å²) >= 11 is 0. The highest BCUT2D eigenvalue weighted by Crippen LogP contribution is 2.31. The van der Waals surface area contributed by atoms with Gasteiger partial charge in [0.15, 0.2) is 0 Å². The molecule has 43 heavy (non-hydrogen) atoms. The second-order valence-corrected chi connectivity index (χ2v) is 11.0. The zero-order valence-electron chi connectivity index (χ0n) is 24.6. The molecule has 12 heteroatoms. The number of halogens is 3. The first-order valence-electron chi connectivity index (χ1n) is 14.4. The highest BCUT2D eigenvalue weighted by Gasteiger charge is 2.31. The summed E-state index contributed by atoms with van der Waals surface area (Å²) in [6.45, 7) is 4.77. The number of nitrogens with zero attached hydrogens (tertiary/aromatic N) is 3. The monoisotopic (exact) mass is 655 g/mol. The first kappa shape index (κ1) is 36.6. The molecule has 0 spiro atoms. The molecule has 2 aromatic rings. The van der Waals surface area contributed by atoms with Crippen molar-refractivity contribution in [3.05, 3.63) is 66.0 Å². The molecule has 2 fully saturated rings. The number of piperidine rings is 1. The number of carbonyl (C=O) groups is 2. The van der Waals surface area contributed by atoms with Crippen LogP contribution in [0.25, 0.3) is 0 Å². The fourth-order valence-electron chi connectivity index (χ4n) is 6.09. The fourth-order valence-corrected chi connectivity index (χ4v) is 6.09. The van der Waals surface area contributed by atoms with Crippen molar-refractivity contribution in [1.29, 1.82) is 0 Å². The summed E-state index contributed by atoms with van der Waals surface area (Å²) < 4.78 is 11.7. The minimum Gasteiger partial charge on any atom is -0.489 e. The number of aromatic nitrogens is 1. The lowest BCUT2D eigenvalue weighted by Crippen LogP contribution is -2.47. The molecule has 0 saturated carbocycles. The highest BCUT2D eigenvalue weighted by atomic mass is 35.5. The maximum Gasteiger partial charge on any atom is 0.236 e. The molecule has 2 bridgehead atoms. The number of methoxy groups -OCH3 is 1. The number of ether oxygens (including phenoxy) is 2. The van der Waals surface area contributed by atoms with E-state index in [0.717, 1.165) is 49.3 Å². The second-order valence-electron chi connectivity index (χ2n) is 11.0. The Hall–Kier alpha value is -2.56. The van der Waals surface area contributed by atoms with Gasteiger partial charge in [0.1, 0.15) is 12.4 Å². The number of pyridine rings is 1. The lowest BCUT2D eigenvalue weighted by atomic mass is 9.82. The molecule has 2 saturated heterocycles. The van der Waals surface area contributed by atoms with E-state index in [9.17, 15) is 9.59 Å². The molecular weight excluding hydrogens is 613 g/mol. The van der Waals surface area contributed by atoms with E-state index in [1.807, 2.05) is 29.2 Å². The summed E-state index contributed by atoms with van der Waals surface area (Å²) in [5, 5.41) is 6.39. The van der Waals surface area contributed by atoms with Crippen LogP contribution in [-0.4, -0.2) is 74.2 Å². The summed E-state index contributed by atoms with van der Waals surface area (Å²) in [5.74, 6) is 1.22. The maximum absolute atomic E-state index is 13.1. The Morgan fingerprint density at radius 3 is 2.72 bits per heavy atom. The quantitative estimate of drug-likeness (QED) is 0.432. The average molecular weight is 657 g/mol. The van der Waals surface area contributed by atoms with Gasteiger partial charge in [-0.15, -0.1) is 37.2 Å². The summed E-state index contributed by atoms with van der Waals surface area (Å²) in [4.78, 5) is 34.3. The summed E-state index contributed by atoms with van der Waals surface area (Å²) in [5.41, 5.74) is 3.24. The van der Waals surface area contributed by atoms with Crippen LogP contribution in [0.3, 0.4) is 0 Å². The second kappa shape index (κ2) is 18.3. The zero-order valence-corrected chi connectivity index (χ0v) is 27.1. The van der Waals surface area contributed by atoms with Crippen LogP contribution in [0.4, 0.5) is 5.69 Å². The van der Waals surface area contributed by atoms with Gasteiger partial charge in [-0.05, 0) is 67.0 Å². The number of hydrogen-bond acceptors (Lipinski definition) is 7. The number of anilines is 1. The van der Waals surface area contributed by atoms with Crippen LogP contribution in [-0.2, 0) is 27.4 Å². The molecule has 5 rings (SSSR count). The molecule has 2 N–H and O–H groups in total. The number of nitrogens with one attached hydrogen (secondary N) is 2. The van der Waals surface area contributed by atoms with Crippen molar-refractivity contribution in [2.75, 3.05) is 51.4 Å². The Balaban J connectivity index is 0.00000215. The van der Waals surface area contributed by atoms with Crippen molar-refractivity contribution >= 4 is 54.7 Å². The molecule has 1 aromatic carbocycles. The number of rotatable bonds is 7. The van der Waals surface area contributed by atoms with Crippen molar-refractivity contribution in [2.45, 2.75) is 44.8 Å². The van der Waals surface area contributed by atoms with E-state index >= 15 is 0 Å². The summed E-state index contributed by atoms with van der Waals surface area (Å²) in [7, 11) is 1.76. The predicted molar refractivity (Wildman–Crippen MR) is 176 cm³/mol. The minimum absolute atomic E-state index is 0. The van der Waals surface area contributed by atoms with Crippen LogP contribution in [0.15, 0.2) is 54.9 Å². The van der Waals surface area contributed by atoms with Gasteiger partial charge >= 0.3 is 0 Å². The van der Waals surface area contributed by atoms with Crippen LogP contribution in [0, 0.1) is 11.8 Å². The first-order valence-corrected chi connectivity index (χ1v) is 14.4. The van der Waals surface area contributed by atoms with Crippen LogP contribution in [0.1, 0.15) is 36.8 Å². The first-order chi connectivity index (χ1) is 19.6. The van der Waals surface area contributed by atoms with Crippen molar-refractivity contribution in [3.63, 3.8) is 0 Å². The van der Waals surface area contributed by atoms with Gasteiger partial charge in [-0.3, -0.25) is 14.6 Å². The molecule has 238 valence electrons. The lowest BCUT2D eigenvalue weighted by Gasteiger charge is -2.37. The van der Waals surface area contributed by atoms with Gasteiger partial charge in [-0.1, -0.05) is 12.2 Å². The molecule has 4 heterocycles. The van der Waals surface area contributed by atoms with Gasteiger partial charge in [0, 0.05) is 69.9 Å². The molecule has 2 amide bonds. The van der Waals surface area contributed by atoms with Crippen LogP contribution in [0.2, 0.25) is 0 Å². The Morgan fingerprint density at radius 2 is 1.93 bits per heavy atom. The summed E-state index contributed by atoms with van der Waals surface area (Å²) in [6, 6.07) is 10.5. The van der Waals surface area contributed by atoms with Gasteiger partial charge in [0.05, 0.1) is 19.2 Å². The molecule has 0 radical (unpaired) electrons. The van der Waals surface area contributed by atoms with E-state index in [0.29, 0.717) is 45.2 Å². The van der Waals surface area contributed by atoms with E-state index in [1.165, 1.54) is 5.69 Å². The largest absolute Gasteiger partial charge is 0.489 e. The molecule has 3 atom stereocenters. The molecular formula is C31H44Cl3N5O4. The van der Waals surface area contributed by atoms with E-state index in [4.69, 9.17) is 9.47 Å². The van der Waals surface area contributed by atoms with Crippen LogP contribution < -0.4 is 20.3 Å². The van der Waals surface area contributed by atoms with Crippen molar-refractivity contribution in [2.24, 2.45) is 11.8 Å². The normalized spacial score (nSPS) is 21.8. The fraction of sp³-hybridized carbons (Fsp3) is 0.516. The van der Waals surface area contributed by atoms with Gasteiger partial charge in [-0.2, -0.15) is 0 Å².